The van der Waals surface area contributed by atoms with E-state index in [9.17, 15) is 8.42 Å². The maximum atomic E-state index is 12.4. The molecule has 2 rings (SSSR count). The molecule has 21 heavy (non-hydrogen) atoms. The van der Waals surface area contributed by atoms with Crippen LogP contribution in [-0.4, -0.2) is 15.5 Å². The van der Waals surface area contributed by atoms with E-state index in [0.29, 0.717) is 5.69 Å². The van der Waals surface area contributed by atoms with Gasteiger partial charge in [-0.2, -0.15) is 0 Å². The molecule has 112 valence electrons. The van der Waals surface area contributed by atoms with Gasteiger partial charge in [-0.05, 0) is 44.7 Å². The van der Waals surface area contributed by atoms with Gasteiger partial charge in [0, 0.05) is 6.04 Å². The number of aryl methyl sites for hydroxylation is 1. The van der Waals surface area contributed by atoms with Crippen molar-refractivity contribution in [2.24, 2.45) is 0 Å². The van der Waals surface area contributed by atoms with Crippen LogP contribution in [0.1, 0.15) is 24.1 Å². The average molecular weight is 304 g/mol. The topological polar surface area (TPSA) is 58.2 Å². The molecule has 2 N–H and O–H groups in total. The molecule has 0 aliphatic rings. The molecule has 2 aromatic rings. The molecule has 0 aliphatic heterocycles. The lowest BCUT2D eigenvalue weighted by atomic mass is 10.1. The normalized spacial score (nSPS) is 12.9. The van der Waals surface area contributed by atoms with Crippen molar-refractivity contribution in [3.8, 4) is 0 Å². The first-order valence-corrected chi connectivity index (χ1v) is 8.28. The van der Waals surface area contributed by atoms with Gasteiger partial charge in [-0.1, -0.05) is 35.9 Å². The fourth-order valence-electron chi connectivity index (χ4n) is 2.04. The number of anilines is 1. The maximum Gasteiger partial charge on any atom is 0.261 e. The predicted octanol–water partition coefficient (Wildman–Crippen LogP) is 3.08. The van der Waals surface area contributed by atoms with E-state index in [2.05, 4.69) is 10.0 Å². The Morgan fingerprint density at radius 2 is 1.62 bits per heavy atom. The monoisotopic (exact) mass is 304 g/mol. The van der Waals surface area contributed by atoms with Gasteiger partial charge in [-0.15, -0.1) is 0 Å². The van der Waals surface area contributed by atoms with Crippen molar-refractivity contribution in [3.05, 3.63) is 59.7 Å². The minimum atomic E-state index is -3.57. The summed E-state index contributed by atoms with van der Waals surface area (Å²) in [5, 5.41) is 3.12. The van der Waals surface area contributed by atoms with E-state index < -0.39 is 10.0 Å². The molecule has 1 unspecified atom stereocenters. The summed E-state index contributed by atoms with van der Waals surface area (Å²) in [7, 11) is -1.73. The molecule has 0 saturated heterocycles. The van der Waals surface area contributed by atoms with Crippen LogP contribution >= 0.6 is 0 Å². The summed E-state index contributed by atoms with van der Waals surface area (Å²) in [6.45, 7) is 3.91. The van der Waals surface area contributed by atoms with Crippen molar-refractivity contribution in [1.29, 1.82) is 0 Å². The minimum absolute atomic E-state index is 0.0573. The quantitative estimate of drug-likeness (QED) is 0.892. The Morgan fingerprint density at radius 1 is 1.00 bits per heavy atom. The van der Waals surface area contributed by atoms with Crippen molar-refractivity contribution in [2.75, 3.05) is 11.8 Å². The maximum absolute atomic E-state index is 12.4. The molecule has 0 aliphatic carbocycles. The molecule has 4 nitrogen and oxygen atoms in total. The molecule has 1 atom stereocenters. The molecule has 0 aromatic heterocycles. The largest absolute Gasteiger partial charge is 0.313 e. The van der Waals surface area contributed by atoms with E-state index in [4.69, 9.17) is 0 Å². The van der Waals surface area contributed by atoms with E-state index in [1.54, 1.807) is 30.3 Å². The molecule has 0 amide bonds. The molecule has 2 aromatic carbocycles. The number of para-hydroxylation sites is 1. The van der Waals surface area contributed by atoms with Crippen LogP contribution in [0, 0.1) is 6.92 Å². The molecular formula is C16H20N2O2S. The number of rotatable bonds is 5. The zero-order chi connectivity index (χ0) is 15.5. The number of nitrogens with one attached hydrogen (secondary N) is 2. The number of benzene rings is 2. The van der Waals surface area contributed by atoms with Crippen LogP contribution < -0.4 is 10.0 Å². The van der Waals surface area contributed by atoms with E-state index >= 15 is 0 Å². The Bertz CT molecular complexity index is 709. The summed E-state index contributed by atoms with van der Waals surface area (Å²) in [6.07, 6.45) is 0. The number of hydrogen-bond donors (Lipinski definition) is 2. The smallest absolute Gasteiger partial charge is 0.261 e. The Balaban J connectivity index is 2.35. The van der Waals surface area contributed by atoms with Crippen LogP contribution in [0.25, 0.3) is 0 Å². The van der Waals surface area contributed by atoms with Crippen molar-refractivity contribution >= 4 is 15.7 Å². The molecule has 0 fully saturated rings. The van der Waals surface area contributed by atoms with E-state index in [1.807, 2.05) is 39.1 Å². The van der Waals surface area contributed by atoms with Gasteiger partial charge in [0.1, 0.15) is 0 Å². The van der Waals surface area contributed by atoms with Crippen molar-refractivity contribution in [1.82, 2.24) is 5.32 Å². The van der Waals surface area contributed by atoms with E-state index in [-0.39, 0.29) is 10.9 Å². The van der Waals surface area contributed by atoms with E-state index in [1.165, 1.54) is 0 Å². The first-order valence-electron chi connectivity index (χ1n) is 6.79. The molecule has 0 spiro atoms. The fourth-order valence-corrected chi connectivity index (χ4v) is 3.13. The van der Waals surface area contributed by atoms with Gasteiger partial charge < -0.3 is 5.32 Å². The molecule has 0 heterocycles. The molecule has 5 heteroatoms. The Labute approximate surface area is 126 Å². The predicted molar refractivity (Wildman–Crippen MR) is 85.9 cm³/mol. The zero-order valence-corrected chi connectivity index (χ0v) is 13.2. The second-order valence-electron chi connectivity index (χ2n) is 5.02. The highest BCUT2D eigenvalue weighted by Crippen LogP contribution is 2.25. The Hall–Kier alpha value is -1.85. The third-order valence-electron chi connectivity index (χ3n) is 3.44. The van der Waals surface area contributed by atoms with Crippen LogP contribution in [0.15, 0.2) is 53.4 Å². The second-order valence-corrected chi connectivity index (χ2v) is 6.70. The summed E-state index contributed by atoms with van der Waals surface area (Å²) < 4.78 is 27.6. The van der Waals surface area contributed by atoms with Crippen LogP contribution in [0.2, 0.25) is 0 Å². The highest BCUT2D eigenvalue weighted by Gasteiger charge is 2.17. The van der Waals surface area contributed by atoms with Crippen LogP contribution in [0.3, 0.4) is 0 Å². The van der Waals surface area contributed by atoms with Gasteiger partial charge in [0.15, 0.2) is 0 Å². The lowest BCUT2D eigenvalue weighted by molar-refractivity contribution is 0.600. The third-order valence-corrected chi connectivity index (χ3v) is 4.82. The van der Waals surface area contributed by atoms with Crippen molar-refractivity contribution < 1.29 is 8.42 Å². The van der Waals surface area contributed by atoms with Crippen molar-refractivity contribution in [2.45, 2.75) is 24.8 Å². The van der Waals surface area contributed by atoms with Gasteiger partial charge in [0.2, 0.25) is 0 Å². The average Bonchev–Trinajstić information content (AvgIpc) is 2.47. The number of hydrogen-bond acceptors (Lipinski definition) is 3. The van der Waals surface area contributed by atoms with Crippen LogP contribution in [0.5, 0.6) is 0 Å². The van der Waals surface area contributed by atoms with Gasteiger partial charge in [0.05, 0.1) is 10.6 Å². The highest BCUT2D eigenvalue weighted by molar-refractivity contribution is 7.92. The summed E-state index contributed by atoms with van der Waals surface area (Å²) in [5.41, 5.74) is 2.54. The van der Waals surface area contributed by atoms with Gasteiger partial charge >= 0.3 is 0 Å². The van der Waals surface area contributed by atoms with Crippen molar-refractivity contribution in [3.63, 3.8) is 0 Å². The molecule has 0 radical (unpaired) electrons. The van der Waals surface area contributed by atoms with Gasteiger partial charge in [-0.25, -0.2) is 8.42 Å². The second kappa shape index (κ2) is 6.28. The van der Waals surface area contributed by atoms with Gasteiger partial charge in [-0.3, -0.25) is 4.72 Å². The van der Waals surface area contributed by atoms with E-state index in [0.717, 1.165) is 11.1 Å². The first-order chi connectivity index (χ1) is 9.94. The fraction of sp³-hybridized carbons (Fsp3) is 0.250. The molecule has 0 saturated carbocycles. The highest BCUT2D eigenvalue weighted by atomic mass is 32.2. The van der Waals surface area contributed by atoms with Gasteiger partial charge in [0.25, 0.3) is 10.0 Å². The molecular weight excluding hydrogens is 284 g/mol. The first kappa shape index (κ1) is 15.5. The van der Waals surface area contributed by atoms with Crippen LogP contribution in [0.4, 0.5) is 5.69 Å². The Kier molecular flexibility index (Phi) is 4.65. The minimum Gasteiger partial charge on any atom is -0.313 e. The lowest BCUT2D eigenvalue weighted by Crippen LogP contribution is -2.18. The molecule has 0 bridgehead atoms. The lowest BCUT2D eigenvalue weighted by Gasteiger charge is -2.17. The third kappa shape index (κ3) is 3.62. The zero-order valence-electron chi connectivity index (χ0n) is 12.4. The summed E-state index contributed by atoms with van der Waals surface area (Å²) in [4.78, 5) is 0.264. The summed E-state index contributed by atoms with van der Waals surface area (Å²) in [5.74, 6) is 0. The Morgan fingerprint density at radius 3 is 2.24 bits per heavy atom. The SMILES string of the molecule is CNC(C)c1ccccc1NS(=O)(=O)c1ccc(C)cc1. The number of sulfonamides is 1. The standard InChI is InChI=1S/C16H20N2O2S/c1-12-8-10-14(11-9-12)21(19,20)18-16-7-5-4-6-15(16)13(2)17-3/h4-11,13,17-18H,1-3H3. The summed E-state index contributed by atoms with van der Waals surface area (Å²) >= 11 is 0. The van der Waals surface area contributed by atoms with Crippen LogP contribution in [-0.2, 0) is 10.0 Å². The summed E-state index contributed by atoms with van der Waals surface area (Å²) in [6, 6.07) is 14.3.